The van der Waals surface area contributed by atoms with Crippen molar-refractivity contribution >= 4 is 45.6 Å². The number of phosphoric acid groups is 1. The Labute approximate surface area is 289 Å². The van der Waals surface area contributed by atoms with Crippen LogP contribution in [-0.2, 0) is 37.1 Å². The van der Waals surface area contributed by atoms with Gasteiger partial charge in [-0.15, -0.1) is 0 Å². The van der Waals surface area contributed by atoms with Crippen LogP contribution in [0.5, 0.6) is 0 Å². The van der Waals surface area contributed by atoms with E-state index in [9.17, 15) is 29.0 Å². The summed E-state index contributed by atoms with van der Waals surface area (Å²) in [4.78, 5) is 63.8. The molecule has 5 rings (SSSR count). The van der Waals surface area contributed by atoms with Gasteiger partial charge in [-0.25, -0.2) is 24.3 Å². The first-order valence-corrected chi connectivity index (χ1v) is 17.7. The van der Waals surface area contributed by atoms with Crippen LogP contribution < -0.4 is 22.9 Å². The number of carbonyl (C=O) groups is 1. The number of nitrogens with zero attached hydrogens (tertiary/aromatic N) is 9. The van der Waals surface area contributed by atoms with E-state index in [1.165, 1.54) is 29.5 Å². The van der Waals surface area contributed by atoms with E-state index in [4.69, 9.17) is 50.5 Å². The number of hydrogen-bond acceptors (Lipinski definition) is 19. The molecule has 2 aliphatic heterocycles. The van der Waals surface area contributed by atoms with Gasteiger partial charge in [0.25, 0.3) is 0 Å². The molecule has 2 unspecified atom stereocenters. The number of aliphatic hydroxyl groups is 1. The van der Waals surface area contributed by atoms with Gasteiger partial charge < -0.3 is 50.8 Å². The molecule has 2 aliphatic rings. The van der Waals surface area contributed by atoms with Crippen LogP contribution in [0.2, 0.25) is 0 Å². The highest BCUT2D eigenvalue weighted by atomic mass is 31.2. The van der Waals surface area contributed by atoms with Crippen molar-refractivity contribution in [3.63, 3.8) is 0 Å². The topological polar surface area (TPSA) is 356 Å². The second kappa shape index (κ2) is 17.1. The van der Waals surface area contributed by atoms with Gasteiger partial charge in [-0.3, -0.25) is 23.0 Å². The Kier molecular flexibility index (Phi) is 12.8. The van der Waals surface area contributed by atoms with E-state index in [2.05, 4.69) is 30.0 Å². The minimum Gasteiger partial charge on any atom is -0.455 e. The van der Waals surface area contributed by atoms with Crippen LogP contribution in [0.25, 0.3) is 21.6 Å². The SMILES string of the molecule is [N-]=[N+]=NCCCC[C@H](N)C(=O)O[C@H]1[C@@H](O)[C@H](n2cnc3c(N)ncnc32)O[C@@H]1COP(=O)(O)O[C@H]1C[C@H](n2ccc(N)nc2=O)O[C@@H]1COPO. The van der Waals surface area contributed by atoms with Crippen LogP contribution in [0.1, 0.15) is 38.1 Å². The highest BCUT2D eigenvalue weighted by Gasteiger charge is 2.50. The molecule has 0 radical (unpaired) electrons. The number of rotatable bonds is 17. The molecule has 0 amide bonds. The fourth-order valence-electron chi connectivity index (χ4n) is 5.48. The molecule has 0 aromatic carbocycles. The lowest BCUT2D eigenvalue weighted by molar-refractivity contribution is -0.158. The van der Waals surface area contributed by atoms with Gasteiger partial charge >= 0.3 is 19.5 Å². The molecular formula is C25H36N12O12P2. The average Bonchev–Trinajstić information content (AvgIpc) is 3.78. The van der Waals surface area contributed by atoms with Crippen LogP contribution in [0.4, 0.5) is 11.6 Å². The van der Waals surface area contributed by atoms with Crippen LogP contribution >= 0.6 is 16.9 Å². The van der Waals surface area contributed by atoms with E-state index in [0.717, 1.165) is 4.57 Å². The van der Waals surface area contributed by atoms with Crippen LogP contribution in [0.15, 0.2) is 34.8 Å². The fourth-order valence-corrected chi connectivity index (χ4v) is 6.68. The lowest BCUT2D eigenvalue weighted by Crippen LogP contribution is -2.43. The van der Waals surface area contributed by atoms with Crippen molar-refractivity contribution in [3.05, 3.63) is 45.8 Å². The third kappa shape index (κ3) is 9.32. The van der Waals surface area contributed by atoms with Gasteiger partial charge in [-0.05, 0) is 24.4 Å². The summed E-state index contributed by atoms with van der Waals surface area (Å²) >= 11 is 0. The van der Waals surface area contributed by atoms with Gasteiger partial charge in [-0.1, -0.05) is 11.5 Å². The zero-order chi connectivity index (χ0) is 36.7. The Bertz CT molecular complexity index is 1830. The summed E-state index contributed by atoms with van der Waals surface area (Å²) in [5, 5.41) is 14.8. The maximum Gasteiger partial charge on any atom is 0.472 e. The monoisotopic (exact) mass is 758 g/mol. The number of azide groups is 1. The Balaban J connectivity index is 1.30. The molecule has 5 heterocycles. The fraction of sp³-hybridized carbons (Fsp3) is 0.600. The van der Waals surface area contributed by atoms with Gasteiger partial charge in [0.05, 0.1) is 19.5 Å². The molecule has 0 aliphatic carbocycles. The van der Waals surface area contributed by atoms with E-state index >= 15 is 0 Å². The number of hydrogen-bond donors (Lipinski definition) is 6. The predicted octanol–water partition coefficient (Wildman–Crippen LogP) is -0.467. The van der Waals surface area contributed by atoms with Crippen molar-refractivity contribution in [3.8, 4) is 0 Å². The summed E-state index contributed by atoms with van der Waals surface area (Å²) in [6.45, 7) is -0.809. The minimum atomic E-state index is -4.99. The van der Waals surface area contributed by atoms with E-state index in [1.54, 1.807) is 0 Å². The maximum absolute atomic E-state index is 13.3. The van der Waals surface area contributed by atoms with Crippen LogP contribution in [0, 0.1) is 0 Å². The molecule has 3 aromatic rings. The Hall–Kier alpha value is -3.89. The summed E-state index contributed by atoms with van der Waals surface area (Å²) in [5.74, 6) is -0.876. The van der Waals surface area contributed by atoms with Crippen molar-refractivity contribution in [2.24, 2.45) is 10.8 Å². The van der Waals surface area contributed by atoms with Crippen LogP contribution in [0.3, 0.4) is 0 Å². The standard InChI is InChI=1S/C25H36N12O12P2/c26-12(3-1-2-5-33-35-29)24(39)48-20-15(47-23(19(20)38)37-11-32-18-21(28)30-10-31-22(18)37)9-45-51(42,43)49-13-7-17(46-14(13)8-44-50-41)36-6-4-16(27)34-25(36)40/h4,6,10-15,17,19-20,23,38,41,50H,1-3,5,7-9,26H2,(H,42,43)(H2,27,34,40)(H2,28,30,31)/t12-,13-,14+,15+,17+,19+,20+,23+/m0/s1. The number of aliphatic hydroxyl groups excluding tert-OH is 1. The number of anilines is 2. The number of carbonyl (C=O) groups excluding carboxylic acids is 1. The van der Waals surface area contributed by atoms with Crippen molar-refractivity contribution in [2.45, 2.75) is 74.7 Å². The highest BCUT2D eigenvalue weighted by molar-refractivity contribution is 7.47. The molecule has 0 saturated carbocycles. The largest absolute Gasteiger partial charge is 0.472 e. The van der Waals surface area contributed by atoms with E-state index in [-0.39, 0.29) is 48.8 Å². The second-order valence-corrected chi connectivity index (χ2v) is 13.2. The third-order valence-electron chi connectivity index (χ3n) is 7.94. The van der Waals surface area contributed by atoms with E-state index in [0.29, 0.717) is 12.8 Å². The van der Waals surface area contributed by atoms with Crippen LogP contribution in [-0.4, -0.2) is 106 Å². The number of aromatic nitrogens is 6. The maximum atomic E-state index is 13.3. The third-order valence-corrected chi connectivity index (χ3v) is 9.25. The van der Waals surface area contributed by atoms with Crippen molar-refractivity contribution in [1.82, 2.24) is 29.1 Å². The average molecular weight is 759 g/mol. The van der Waals surface area contributed by atoms with Gasteiger partial charge in [-0.2, -0.15) is 4.98 Å². The number of ether oxygens (including phenoxy) is 3. The molecule has 3 aromatic heterocycles. The summed E-state index contributed by atoms with van der Waals surface area (Å²) in [6.07, 6.45) is -4.27. The second-order valence-electron chi connectivity index (χ2n) is 11.3. The lowest BCUT2D eigenvalue weighted by Gasteiger charge is -2.24. The molecule has 24 nitrogen and oxygen atoms in total. The molecule has 9 N–H and O–H groups in total. The smallest absolute Gasteiger partial charge is 0.455 e. The lowest BCUT2D eigenvalue weighted by atomic mass is 10.1. The van der Waals surface area contributed by atoms with Crippen molar-refractivity contribution in [2.75, 3.05) is 31.2 Å². The zero-order valence-corrected chi connectivity index (χ0v) is 28.5. The molecule has 2 saturated heterocycles. The first-order valence-electron chi connectivity index (χ1n) is 15.3. The number of esters is 1. The molecule has 0 bridgehead atoms. The molecule has 2 fully saturated rings. The van der Waals surface area contributed by atoms with E-state index in [1.807, 2.05) is 0 Å². The number of imidazole rings is 1. The quantitative estimate of drug-likeness (QED) is 0.0253. The first-order chi connectivity index (χ1) is 24.4. The van der Waals surface area contributed by atoms with Gasteiger partial charge in [0, 0.05) is 24.1 Å². The normalized spacial score (nSPS) is 26.7. The molecule has 26 heteroatoms. The van der Waals surface area contributed by atoms with Crippen molar-refractivity contribution in [1.29, 1.82) is 0 Å². The summed E-state index contributed by atoms with van der Waals surface area (Å²) in [6, 6.07) is 0.232. The van der Waals surface area contributed by atoms with Crippen molar-refractivity contribution < 1.29 is 52.0 Å². The first kappa shape index (κ1) is 38.3. The highest BCUT2D eigenvalue weighted by Crippen LogP contribution is 2.49. The number of nitrogens with two attached hydrogens (primary N) is 3. The summed E-state index contributed by atoms with van der Waals surface area (Å²) < 4.78 is 48.8. The van der Waals surface area contributed by atoms with Gasteiger partial charge in [0.2, 0.25) is 0 Å². The number of fused-ring (bicyclic) bond motifs is 1. The Morgan fingerprint density at radius 2 is 2.02 bits per heavy atom. The molecule has 0 spiro atoms. The minimum absolute atomic E-state index is 0.0232. The molecule has 10 atom stereocenters. The van der Waals surface area contributed by atoms with Gasteiger partial charge in [0.15, 0.2) is 32.8 Å². The van der Waals surface area contributed by atoms with Gasteiger partial charge in [0.1, 0.15) is 54.3 Å². The predicted molar refractivity (Wildman–Crippen MR) is 174 cm³/mol. The summed E-state index contributed by atoms with van der Waals surface area (Å²) in [7, 11) is -5.92. The zero-order valence-electron chi connectivity index (χ0n) is 26.6. The number of nitrogen functional groups attached to an aromatic ring is 2. The summed E-state index contributed by atoms with van der Waals surface area (Å²) in [5.41, 5.74) is 25.5. The number of unbranched alkanes of at least 4 members (excludes halogenated alkanes) is 1. The molecular weight excluding hydrogens is 722 g/mol. The Morgan fingerprint density at radius 1 is 1.22 bits per heavy atom. The Morgan fingerprint density at radius 3 is 2.76 bits per heavy atom. The van der Waals surface area contributed by atoms with E-state index < -0.39 is 84.1 Å². The number of phosphoric ester groups is 1. The molecule has 51 heavy (non-hydrogen) atoms. The molecule has 278 valence electrons.